The van der Waals surface area contributed by atoms with Gasteiger partial charge in [-0.25, -0.2) is 8.78 Å². The monoisotopic (exact) mass is 151 g/mol. The Labute approximate surface area is 58.2 Å². The summed E-state index contributed by atoms with van der Waals surface area (Å²) in [6.07, 6.45) is -1.31. The molecule has 1 rings (SSSR count). The van der Waals surface area contributed by atoms with Crippen LogP contribution in [0.2, 0.25) is 0 Å². The first-order valence-electron chi connectivity index (χ1n) is 3.32. The van der Waals surface area contributed by atoms with Gasteiger partial charge in [0.15, 0.2) is 0 Å². The van der Waals surface area contributed by atoms with E-state index in [4.69, 9.17) is 5.11 Å². The summed E-state index contributed by atoms with van der Waals surface area (Å²) in [5, 5.41) is 11.9. The van der Waals surface area contributed by atoms with Crippen LogP contribution < -0.4 is 5.32 Å². The van der Waals surface area contributed by atoms with E-state index in [1.54, 1.807) is 0 Å². The van der Waals surface area contributed by atoms with Gasteiger partial charge in [-0.1, -0.05) is 0 Å². The maximum Gasteiger partial charge on any atom is 0.144 e. The summed E-state index contributed by atoms with van der Waals surface area (Å²) >= 11 is 0. The molecule has 0 aromatic carbocycles. The average Bonchev–Trinajstić information content (AvgIpc) is 1.96. The predicted molar refractivity (Wildman–Crippen MR) is 33.3 cm³/mol. The van der Waals surface area contributed by atoms with Crippen LogP contribution >= 0.6 is 0 Å². The van der Waals surface area contributed by atoms with E-state index in [2.05, 4.69) is 5.32 Å². The van der Waals surface area contributed by atoms with Gasteiger partial charge in [-0.15, -0.1) is 0 Å². The quantitative estimate of drug-likeness (QED) is 0.553. The molecule has 1 saturated heterocycles. The topological polar surface area (TPSA) is 32.3 Å². The molecule has 1 aliphatic heterocycles. The molecule has 2 nitrogen and oxygen atoms in total. The third-order valence-corrected chi connectivity index (χ3v) is 1.87. The van der Waals surface area contributed by atoms with Crippen LogP contribution in [0.4, 0.5) is 8.78 Å². The molecule has 0 radical (unpaired) electrons. The fourth-order valence-electron chi connectivity index (χ4n) is 1.03. The van der Waals surface area contributed by atoms with E-state index >= 15 is 0 Å². The molecule has 1 fully saturated rings. The Hall–Kier alpha value is -0.220. The Kier molecular flexibility index (Phi) is 2.21. The van der Waals surface area contributed by atoms with E-state index in [9.17, 15) is 8.78 Å². The lowest BCUT2D eigenvalue weighted by molar-refractivity contribution is -0.0702. The predicted octanol–water partition coefficient (Wildman–Crippen LogP) is 0.0184. The first-order valence-corrected chi connectivity index (χ1v) is 3.32. The van der Waals surface area contributed by atoms with Gasteiger partial charge in [0.2, 0.25) is 0 Å². The van der Waals surface area contributed by atoms with Crippen LogP contribution in [-0.4, -0.2) is 36.6 Å². The van der Waals surface area contributed by atoms with Crippen molar-refractivity contribution in [3.05, 3.63) is 0 Å². The van der Waals surface area contributed by atoms with Gasteiger partial charge in [0, 0.05) is 6.54 Å². The number of hydrogen-bond acceptors (Lipinski definition) is 2. The number of halogens is 2. The molecule has 0 amide bonds. The molecule has 0 saturated carbocycles. The smallest absolute Gasteiger partial charge is 0.144 e. The normalized spacial score (nSPS) is 41.7. The zero-order valence-electron chi connectivity index (χ0n) is 5.61. The van der Waals surface area contributed by atoms with Crippen LogP contribution in [-0.2, 0) is 0 Å². The summed E-state index contributed by atoms with van der Waals surface area (Å²) < 4.78 is 24.7. The van der Waals surface area contributed by atoms with E-state index in [1.165, 1.54) is 0 Å². The number of nitrogens with one attached hydrogen (secondary N) is 1. The van der Waals surface area contributed by atoms with E-state index < -0.39 is 18.4 Å². The molecule has 0 spiro atoms. The molecule has 1 aliphatic rings. The second-order valence-electron chi connectivity index (χ2n) is 2.66. The van der Waals surface area contributed by atoms with Crippen LogP contribution in [0.1, 0.15) is 6.42 Å². The third kappa shape index (κ3) is 1.27. The van der Waals surface area contributed by atoms with Gasteiger partial charge in [-0.2, -0.15) is 0 Å². The molecule has 4 heteroatoms. The minimum Gasteiger partial charge on any atom is -0.384 e. The van der Waals surface area contributed by atoms with Crippen molar-refractivity contribution in [2.24, 2.45) is 0 Å². The highest BCUT2D eigenvalue weighted by Gasteiger charge is 2.39. The lowest BCUT2D eigenvalue weighted by atomic mass is 9.92. The zero-order chi connectivity index (χ0) is 7.61. The van der Waals surface area contributed by atoms with Gasteiger partial charge in [-0.3, -0.25) is 0 Å². The van der Waals surface area contributed by atoms with E-state index in [1.807, 2.05) is 0 Å². The second-order valence-corrected chi connectivity index (χ2v) is 2.66. The fraction of sp³-hybridized carbons (Fsp3) is 1.00. The summed E-state index contributed by atoms with van der Waals surface area (Å²) in [7, 11) is 0. The molecule has 2 unspecified atom stereocenters. The van der Waals surface area contributed by atoms with Gasteiger partial charge < -0.3 is 10.4 Å². The first kappa shape index (κ1) is 7.88. The average molecular weight is 151 g/mol. The highest BCUT2D eigenvalue weighted by atomic mass is 19.1. The molecule has 2 atom stereocenters. The molecule has 0 aromatic heterocycles. The number of piperidine rings is 1. The fourth-order valence-corrected chi connectivity index (χ4v) is 1.03. The van der Waals surface area contributed by atoms with Crippen LogP contribution in [0.15, 0.2) is 0 Å². The summed E-state index contributed by atoms with van der Waals surface area (Å²) in [4.78, 5) is 0. The highest BCUT2D eigenvalue weighted by molar-refractivity contribution is 4.91. The lowest BCUT2D eigenvalue weighted by Crippen LogP contribution is -2.53. The van der Waals surface area contributed by atoms with Crippen LogP contribution in [0.5, 0.6) is 0 Å². The van der Waals surface area contributed by atoms with E-state index in [0.717, 1.165) is 0 Å². The first-order chi connectivity index (χ1) is 4.69. The summed E-state index contributed by atoms with van der Waals surface area (Å²) in [5.41, 5.74) is -1.72. The standard InChI is InChI=1S/C6H11F2NO/c7-4-6(10)1-2-9-3-5(6)8/h5,9-10H,1-4H2. The van der Waals surface area contributed by atoms with Gasteiger partial charge in [0.05, 0.1) is 0 Å². The Morgan fingerprint density at radius 3 is 2.80 bits per heavy atom. The van der Waals surface area contributed by atoms with Crippen LogP contribution in [0.3, 0.4) is 0 Å². The zero-order valence-corrected chi connectivity index (χ0v) is 5.61. The molecule has 0 aliphatic carbocycles. The lowest BCUT2D eigenvalue weighted by Gasteiger charge is -2.33. The SMILES string of the molecule is OC1(CF)CCNCC1F. The summed E-state index contributed by atoms with van der Waals surface area (Å²) in [6, 6.07) is 0. The van der Waals surface area contributed by atoms with Gasteiger partial charge in [0.25, 0.3) is 0 Å². The van der Waals surface area contributed by atoms with Crippen LogP contribution in [0, 0.1) is 0 Å². The largest absolute Gasteiger partial charge is 0.384 e. The molecule has 60 valence electrons. The van der Waals surface area contributed by atoms with Crippen molar-refractivity contribution >= 4 is 0 Å². The summed E-state index contributed by atoms with van der Waals surface area (Å²) in [6.45, 7) is -0.447. The number of hydrogen-bond donors (Lipinski definition) is 2. The molecule has 1 heterocycles. The van der Waals surface area contributed by atoms with Gasteiger partial charge in [0.1, 0.15) is 18.4 Å². The molecule has 10 heavy (non-hydrogen) atoms. The van der Waals surface area contributed by atoms with Crippen molar-refractivity contribution in [3.63, 3.8) is 0 Å². The molecule has 0 bridgehead atoms. The molecule has 2 N–H and O–H groups in total. The Morgan fingerprint density at radius 1 is 1.70 bits per heavy atom. The van der Waals surface area contributed by atoms with E-state index in [-0.39, 0.29) is 13.0 Å². The maximum atomic E-state index is 12.7. The molecular weight excluding hydrogens is 140 g/mol. The number of aliphatic hydroxyl groups is 1. The molecule has 0 aromatic rings. The maximum absolute atomic E-state index is 12.7. The van der Waals surface area contributed by atoms with E-state index in [0.29, 0.717) is 6.54 Å². The van der Waals surface area contributed by atoms with Gasteiger partial charge in [-0.05, 0) is 13.0 Å². The number of alkyl halides is 2. The second kappa shape index (κ2) is 2.80. The minimum atomic E-state index is -1.72. The van der Waals surface area contributed by atoms with Crippen molar-refractivity contribution in [1.29, 1.82) is 0 Å². The Balaban J connectivity index is 2.54. The van der Waals surface area contributed by atoms with Crippen molar-refractivity contribution in [3.8, 4) is 0 Å². The van der Waals surface area contributed by atoms with Crippen molar-refractivity contribution in [2.45, 2.75) is 18.2 Å². The summed E-state index contributed by atoms with van der Waals surface area (Å²) in [5.74, 6) is 0. The van der Waals surface area contributed by atoms with Gasteiger partial charge >= 0.3 is 0 Å². The Morgan fingerprint density at radius 2 is 2.40 bits per heavy atom. The minimum absolute atomic E-state index is 0.0560. The van der Waals surface area contributed by atoms with Crippen LogP contribution in [0.25, 0.3) is 0 Å². The number of rotatable bonds is 1. The highest BCUT2D eigenvalue weighted by Crippen LogP contribution is 2.21. The Bertz CT molecular complexity index is 122. The van der Waals surface area contributed by atoms with Crippen molar-refractivity contribution in [1.82, 2.24) is 5.32 Å². The van der Waals surface area contributed by atoms with Crippen molar-refractivity contribution < 1.29 is 13.9 Å². The van der Waals surface area contributed by atoms with Crippen molar-refractivity contribution in [2.75, 3.05) is 19.8 Å². The molecular formula is C6H11F2NO. The third-order valence-electron chi connectivity index (χ3n) is 1.87.